The minimum atomic E-state index is -0.412. The Labute approximate surface area is 140 Å². The minimum absolute atomic E-state index is 0.0427. The van der Waals surface area contributed by atoms with E-state index in [0.29, 0.717) is 12.2 Å². The van der Waals surface area contributed by atoms with Gasteiger partial charge in [0.05, 0.1) is 0 Å². The molecule has 1 aromatic carbocycles. The Morgan fingerprint density at radius 1 is 1.17 bits per heavy atom. The molecule has 24 heavy (non-hydrogen) atoms. The molecule has 0 aliphatic rings. The predicted molar refractivity (Wildman–Crippen MR) is 93.3 cm³/mol. The molecule has 122 valence electrons. The van der Waals surface area contributed by atoms with Gasteiger partial charge in [0.25, 0.3) is 11.5 Å². The van der Waals surface area contributed by atoms with Crippen molar-refractivity contribution in [1.82, 2.24) is 14.7 Å². The van der Waals surface area contributed by atoms with E-state index in [1.165, 1.54) is 16.2 Å². The van der Waals surface area contributed by atoms with Gasteiger partial charge >= 0.3 is 0 Å². The van der Waals surface area contributed by atoms with Gasteiger partial charge in [-0.2, -0.15) is 0 Å². The normalized spacial score (nSPS) is 10.8. The van der Waals surface area contributed by atoms with Gasteiger partial charge in [0.15, 0.2) is 0 Å². The molecule has 0 unspecified atom stereocenters. The lowest BCUT2D eigenvalue weighted by Gasteiger charge is -2.12. The summed E-state index contributed by atoms with van der Waals surface area (Å²) in [7, 11) is 0. The van der Waals surface area contributed by atoms with Crippen LogP contribution >= 0.6 is 0 Å². The van der Waals surface area contributed by atoms with Crippen LogP contribution in [0.25, 0.3) is 5.65 Å². The standard InChI is InChI=1S/C19H19N3O2/c1-12-8-13(2)15(14(3)9-12)10-21-18(23)16-11-20-17-6-4-5-7-22(17)19(16)24/h4-9,11H,10H2,1-3H3,(H,21,23). The molecular formula is C19H19N3O2. The number of hydrogen-bond donors (Lipinski definition) is 1. The first kappa shape index (κ1) is 15.9. The molecule has 0 aliphatic heterocycles. The van der Waals surface area contributed by atoms with E-state index in [0.717, 1.165) is 16.7 Å². The Balaban J connectivity index is 1.86. The van der Waals surface area contributed by atoms with E-state index in [1.807, 2.05) is 20.8 Å². The molecule has 3 rings (SSSR count). The maximum Gasteiger partial charge on any atom is 0.270 e. The summed E-state index contributed by atoms with van der Waals surface area (Å²) in [6.45, 7) is 6.47. The fourth-order valence-corrected chi connectivity index (χ4v) is 2.94. The van der Waals surface area contributed by atoms with E-state index < -0.39 is 5.91 Å². The Morgan fingerprint density at radius 2 is 1.88 bits per heavy atom. The highest BCUT2D eigenvalue weighted by Gasteiger charge is 2.14. The third-order valence-electron chi connectivity index (χ3n) is 4.12. The van der Waals surface area contributed by atoms with Crippen molar-refractivity contribution in [3.8, 4) is 0 Å². The number of nitrogens with zero attached hydrogens (tertiary/aromatic N) is 2. The molecule has 1 N–H and O–H groups in total. The minimum Gasteiger partial charge on any atom is -0.348 e. The number of carbonyl (C=O) groups is 1. The number of pyridine rings is 1. The molecule has 0 atom stereocenters. The van der Waals surface area contributed by atoms with Crippen LogP contribution in [0.2, 0.25) is 0 Å². The molecule has 0 saturated heterocycles. The largest absolute Gasteiger partial charge is 0.348 e. The van der Waals surface area contributed by atoms with Crippen LogP contribution in [0.15, 0.2) is 47.5 Å². The molecule has 0 spiro atoms. The number of rotatable bonds is 3. The summed E-state index contributed by atoms with van der Waals surface area (Å²) in [4.78, 5) is 29.0. The van der Waals surface area contributed by atoms with E-state index in [1.54, 1.807) is 24.4 Å². The Hall–Kier alpha value is -2.95. The maximum absolute atomic E-state index is 12.4. The van der Waals surface area contributed by atoms with Gasteiger partial charge in [-0.25, -0.2) is 4.98 Å². The van der Waals surface area contributed by atoms with Crippen molar-refractivity contribution in [3.05, 3.63) is 80.9 Å². The quantitative estimate of drug-likeness (QED) is 0.806. The number of nitrogens with one attached hydrogen (secondary N) is 1. The molecule has 0 fully saturated rings. The molecule has 0 radical (unpaired) electrons. The van der Waals surface area contributed by atoms with Gasteiger partial charge in [0, 0.05) is 18.9 Å². The number of hydrogen-bond acceptors (Lipinski definition) is 3. The summed E-state index contributed by atoms with van der Waals surface area (Å²) in [5.74, 6) is -0.412. The first-order valence-corrected chi connectivity index (χ1v) is 7.78. The van der Waals surface area contributed by atoms with E-state index in [9.17, 15) is 9.59 Å². The fraction of sp³-hybridized carbons (Fsp3) is 0.211. The van der Waals surface area contributed by atoms with Crippen LogP contribution in [0.5, 0.6) is 0 Å². The van der Waals surface area contributed by atoms with Gasteiger partial charge in [0.1, 0.15) is 11.2 Å². The second-order valence-corrected chi connectivity index (χ2v) is 5.97. The summed E-state index contributed by atoms with van der Waals surface area (Å²) in [6, 6.07) is 9.42. The van der Waals surface area contributed by atoms with Crippen molar-refractivity contribution in [2.75, 3.05) is 0 Å². The van der Waals surface area contributed by atoms with E-state index in [4.69, 9.17) is 0 Å². The van der Waals surface area contributed by atoms with Crippen LogP contribution < -0.4 is 10.9 Å². The Bertz CT molecular complexity index is 966. The topological polar surface area (TPSA) is 63.5 Å². The Kier molecular flexibility index (Phi) is 4.16. The highest BCUT2D eigenvalue weighted by molar-refractivity contribution is 5.93. The highest BCUT2D eigenvalue weighted by atomic mass is 16.2. The SMILES string of the molecule is Cc1cc(C)c(CNC(=O)c2cnc3ccccn3c2=O)c(C)c1. The summed E-state index contributed by atoms with van der Waals surface area (Å²) in [5.41, 5.74) is 4.71. The highest BCUT2D eigenvalue weighted by Crippen LogP contribution is 2.16. The predicted octanol–water partition coefficient (Wildman–Crippen LogP) is 2.55. The zero-order valence-electron chi connectivity index (χ0n) is 14.0. The van der Waals surface area contributed by atoms with Crippen molar-refractivity contribution in [2.45, 2.75) is 27.3 Å². The summed E-state index contributed by atoms with van der Waals surface area (Å²) >= 11 is 0. The molecule has 0 bridgehead atoms. The fourth-order valence-electron chi connectivity index (χ4n) is 2.94. The molecule has 0 aliphatic carbocycles. The first-order chi connectivity index (χ1) is 11.5. The van der Waals surface area contributed by atoms with Crippen molar-refractivity contribution >= 4 is 11.6 Å². The van der Waals surface area contributed by atoms with E-state index >= 15 is 0 Å². The smallest absolute Gasteiger partial charge is 0.270 e. The lowest BCUT2D eigenvalue weighted by Crippen LogP contribution is -2.31. The first-order valence-electron chi connectivity index (χ1n) is 7.78. The lowest BCUT2D eigenvalue weighted by atomic mass is 10.00. The number of aromatic nitrogens is 2. The van der Waals surface area contributed by atoms with Crippen LogP contribution in [0.3, 0.4) is 0 Å². The van der Waals surface area contributed by atoms with Crippen LogP contribution in [0.1, 0.15) is 32.6 Å². The van der Waals surface area contributed by atoms with E-state index in [-0.39, 0.29) is 11.1 Å². The van der Waals surface area contributed by atoms with Gasteiger partial charge < -0.3 is 5.32 Å². The van der Waals surface area contributed by atoms with Crippen molar-refractivity contribution < 1.29 is 4.79 Å². The van der Waals surface area contributed by atoms with Gasteiger partial charge in [0.2, 0.25) is 0 Å². The van der Waals surface area contributed by atoms with Crippen molar-refractivity contribution in [1.29, 1.82) is 0 Å². The molecule has 2 aromatic heterocycles. The van der Waals surface area contributed by atoms with Crippen LogP contribution in [0, 0.1) is 20.8 Å². The van der Waals surface area contributed by atoms with Gasteiger partial charge in [-0.05, 0) is 49.6 Å². The second-order valence-electron chi connectivity index (χ2n) is 5.97. The van der Waals surface area contributed by atoms with Gasteiger partial charge in [-0.15, -0.1) is 0 Å². The number of benzene rings is 1. The zero-order chi connectivity index (χ0) is 17.3. The molecular weight excluding hydrogens is 302 g/mol. The van der Waals surface area contributed by atoms with Gasteiger partial charge in [-0.3, -0.25) is 14.0 Å². The number of carbonyl (C=O) groups excluding carboxylic acids is 1. The third-order valence-corrected chi connectivity index (χ3v) is 4.12. The third kappa shape index (κ3) is 2.93. The zero-order valence-corrected chi connectivity index (χ0v) is 14.0. The average molecular weight is 321 g/mol. The monoisotopic (exact) mass is 321 g/mol. The molecule has 5 nitrogen and oxygen atoms in total. The van der Waals surface area contributed by atoms with Crippen LogP contribution in [0.4, 0.5) is 0 Å². The molecule has 2 heterocycles. The summed E-state index contributed by atoms with van der Waals surface area (Å²) < 4.78 is 1.37. The van der Waals surface area contributed by atoms with Crippen molar-refractivity contribution in [3.63, 3.8) is 0 Å². The lowest BCUT2D eigenvalue weighted by molar-refractivity contribution is 0.0949. The van der Waals surface area contributed by atoms with Gasteiger partial charge in [-0.1, -0.05) is 23.8 Å². The molecule has 5 heteroatoms. The van der Waals surface area contributed by atoms with E-state index in [2.05, 4.69) is 22.4 Å². The number of aryl methyl sites for hydroxylation is 3. The summed E-state index contributed by atoms with van der Waals surface area (Å²) in [5, 5.41) is 2.83. The molecule has 1 amide bonds. The maximum atomic E-state index is 12.4. The molecule has 0 saturated carbocycles. The van der Waals surface area contributed by atoms with Crippen LogP contribution in [-0.2, 0) is 6.54 Å². The second kappa shape index (κ2) is 6.28. The number of amides is 1. The average Bonchev–Trinajstić information content (AvgIpc) is 2.54. The van der Waals surface area contributed by atoms with Crippen molar-refractivity contribution in [2.24, 2.45) is 0 Å². The van der Waals surface area contributed by atoms with Crippen LogP contribution in [-0.4, -0.2) is 15.3 Å². The molecule has 3 aromatic rings. The number of fused-ring (bicyclic) bond motifs is 1. The summed E-state index contributed by atoms with van der Waals surface area (Å²) in [6.07, 6.45) is 2.94. The Morgan fingerprint density at radius 3 is 2.58 bits per heavy atom.